The number of rotatable bonds is 43. The van der Waals surface area contributed by atoms with Crippen LogP contribution in [0.1, 0.15) is 194 Å². The van der Waals surface area contributed by atoms with Gasteiger partial charge >= 0.3 is 17.9 Å². The second-order valence-electron chi connectivity index (χ2n) is 16.2. The molecule has 0 heterocycles. The third kappa shape index (κ3) is 48.6. The van der Waals surface area contributed by atoms with Gasteiger partial charge in [-0.1, -0.05) is 225 Å². The Balaban J connectivity index is 4.58. The Morgan fingerprint density at radius 3 is 1.02 bits per heavy atom. The molecule has 0 aliphatic heterocycles. The van der Waals surface area contributed by atoms with Gasteiger partial charge in [0.1, 0.15) is 13.2 Å². The smallest absolute Gasteiger partial charge is 0.306 e. The molecule has 0 fully saturated rings. The van der Waals surface area contributed by atoms with Gasteiger partial charge in [0.05, 0.1) is 0 Å². The van der Waals surface area contributed by atoms with Gasteiger partial charge in [-0.25, -0.2) is 0 Å². The summed E-state index contributed by atoms with van der Waals surface area (Å²) in [6.07, 6.45) is 71.5. The van der Waals surface area contributed by atoms with Crippen molar-refractivity contribution in [2.75, 3.05) is 13.2 Å². The second-order valence-corrected chi connectivity index (χ2v) is 16.2. The number of hydrogen-bond donors (Lipinski definition) is 0. The van der Waals surface area contributed by atoms with E-state index in [-0.39, 0.29) is 44.0 Å². The molecule has 0 aliphatic carbocycles. The molecule has 0 spiro atoms. The first-order chi connectivity index (χ1) is 31.5. The van der Waals surface area contributed by atoms with E-state index in [1.54, 1.807) is 0 Å². The molecule has 0 amide bonds. The van der Waals surface area contributed by atoms with Crippen molar-refractivity contribution in [3.8, 4) is 0 Å². The Bertz CT molecular complexity index is 1430. The standard InChI is InChI=1S/C58H90O6/c1-4-7-10-13-16-19-22-24-26-28-29-30-32-33-36-39-42-45-48-51-57(60)63-54-55(53-62-56(59)50-47-44-41-38-35-21-18-15-12-9-6-3)64-58(61)52-49-46-43-40-37-34-31-27-25-23-20-17-14-11-8-5-2/h7,10,13,15-16,18-19,21-22,24,26-37,55H,4-6,8-9,11-12,14,17,20,23,25,38-54H2,1-3H3/b10-7-,16-13-,18-15-,22-19-,26-24-,29-28+,31-27-,32-30-,35-21-,36-33-,37-34-. The van der Waals surface area contributed by atoms with Crippen LogP contribution in [0.25, 0.3) is 0 Å². The van der Waals surface area contributed by atoms with E-state index < -0.39 is 6.10 Å². The molecule has 0 saturated carbocycles. The minimum atomic E-state index is -0.826. The van der Waals surface area contributed by atoms with E-state index in [1.807, 2.05) is 72.9 Å². The molecule has 0 aromatic heterocycles. The fourth-order valence-corrected chi connectivity index (χ4v) is 6.27. The number of esters is 3. The Morgan fingerprint density at radius 2 is 0.625 bits per heavy atom. The molecule has 0 saturated heterocycles. The van der Waals surface area contributed by atoms with Crippen LogP contribution in [0, 0.1) is 0 Å². The minimum absolute atomic E-state index is 0.123. The number of unbranched alkanes of at least 4 members (excludes halogenated alkanes) is 18. The lowest BCUT2D eigenvalue weighted by molar-refractivity contribution is -0.167. The number of carbonyl (C=O) groups is 3. The van der Waals surface area contributed by atoms with Gasteiger partial charge in [0.15, 0.2) is 6.10 Å². The molecular weight excluding hydrogens is 793 g/mol. The lowest BCUT2D eigenvalue weighted by Gasteiger charge is -2.18. The molecule has 0 radical (unpaired) electrons. The van der Waals surface area contributed by atoms with Gasteiger partial charge in [0.2, 0.25) is 0 Å². The quantitative estimate of drug-likeness (QED) is 0.0263. The van der Waals surface area contributed by atoms with Crippen molar-refractivity contribution in [1.82, 2.24) is 0 Å². The highest BCUT2D eigenvalue weighted by atomic mass is 16.6. The van der Waals surface area contributed by atoms with Crippen LogP contribution in [-0.4, -0.2) is 37.2 Å². The number of allylic oxidation sites excluding steroid dienone is 22. The van der Waals surface area contributed by atoms with Gasteiger partial charge in [0.25, 0.3) is 0 Å². The first-order valence-electron chi connectivity index (χ1n) is 25.3. The van der Waals surface area contributed by atoms with Crippen LogP contribution in [0.4, 0.5) is 0 Å². The van der Waals surface area contributed by atoms with Crippen LogP contribution in [0.2, 0.25) is 0 Å². The molecule has 0 aromatic rings. The monoisotopic (exact) mass is 883 g/mol. The van der Waals surface area contributed by atoms with Crippen molar-refractivity contribution >= 4 is 17.9 Å². The molecule has 6 nitrogen and oxygen atoms in total. The summed E-state index contributed by atoms with van der Waals surface area (Å²) in [5, 5.41) is 0. The maximum atomic E-state index is 12.8. The topological polar surface area (TPSA) is 78.9 Å². The predicted octanol–water partition coefficient (Wildman–Crippen LogP) is 16.7. The lowest BCUT2D eigenvalue weighted by atomic mass is 10.1. The van der Waals surface area contributed by atoms with Gasteiger partial charge in [-0.15, -0.1) is 0 Å². The van der Waals surface area contributed by atoms with Crippen LogP contribution >= 0.6 is 0 Å². The highest BCUT2D eigenvalue weighted by Crippen LogP contribution is 2.12. The SMILES string of the molecule is CC\C=C/C=C\C=C/C=C\C=C\C=C/C=C\CCCCCC(=O)OCC(COC(=O)CCCCC/C=C\C=C/CCCC)OC(=O)CCCCC/C=C\C=C/CCCCCCCCC. The summed E-state index contributed by atoms with van der Waals surface area (Å²) >= 11 is 0. The normalized spacial score (nSPS) is 13.2. The zero-order valence-corrected chi connectivity index (χ0v) is 40.7. The van der Waals surface area contributed by atoms with Crippen molar-refractivity contribution in [3.63, 3.8) is 0 Å². The zero-order valence-electron chi connectivity index (χ0n) is 40.7. The molecule has 1 unspecified atom stereocenters. The maximum absolute atomic E-state index is 12.8. The molecule has 1 atom stereocenters. The Morgan fingerprint density at radius 1 is 0.328 bits per heavy atom. The van der Waals surface area contributed by atoms with Crippen LogP contribution in [-0.2, 0) is 28.6 Å². The summed E-state index contributed by atoms with van der Waals surface area (Å²) < 4.78 is 16.7. The van der Waals surface area contributed by atoms with Crippen LogP contribution in [0.5, 0.6) is 0 Å². The van der Waals surface area contributed by atoms with E-state index in [9.17, 15) is 14.4 Å². The minimum Gasteiger partial charge on any atom is -0.462 e. The van der Waals surface area contributed by atoms with Crippen molar-refractivity contribution in [2.24, 2.45) is 0 Å². The predicted molar refractivity (Wildman–Crippen MR) is 274 cm³/mol. The van der Waals surface area contributed by atoms with Gasteiger partial charge in [-0.2, -0.15) is 0 Å². The van der Waals surface area contributed by atoms with E-state index >= 15 is 0 Å². The molecule has 0 rings (SSSR count). The molecule has 0 bridgehead atoms. The van der Waals surface area contributed by atoms with Crippen molar-refractivity contribution in [3.05, 3.63) is 134 Å². The summed E-state index contributed by atoms with van der Waals surface area (Å²) in [4.78, 5) is 37.9. The second kappa shape index (κ2) is 51.2. The largest absolute Gasteiger partial charge is 0.462 e. The average Bonchev–Trinajstić information content (AvgIpc) is 3.29. The van der Waals surface area contributed by atoms with E-state index in [1.165, 1.54) is 57.8 Å². The van der Waals surface area contributed by atoms with Gasteiger partial charge < -0.3 is 14.2 Å². The van der Waals surface area contributed by atoms with Crippen molar-refractivity contribution in [1.29, 1.82) is 0 Å². The van der Waals surface area contributed by atoms with Crippen molar-refractivity contribution < 1.29 is 28.6 Å². The molecule has 0 aliphatic rings. The molecule has 0 aromatic carbocycles. The number of ether oxygens (including phenoxy) is 3. The van der Waals surface area contributed by atoms with Crippen molar-refractivity contribution in [2.45, 2.75) is 200 Å². The fraction of sp³-hybridized carbons (Fsp3) is 0.569. The summed E-state index contributed by atoms with van der Waals surface area (Å²) in [7, 11) is 0. The lowest BCUT2D eigenvalue weighted by Crippen LogP contribution is -2.30. The molecule has 358 valence electrons. The molecule has 0 N–H and O–H groups in total. The molecular formula is C58H90O6. The maximum Gasteiger partial charge on any atom is 0.306 e. The molecule has 6 heteroatoms. The first kappa shape index (κ1) is 59.5. The third-order valence-electron chi connectivity index (χ3n) is 10.1. The highest BCUT2D eigenvalue weighted by Gasteiger charge is 2.19. The summed E-state index contributed by atoms with van der Waals surface area (Å²) in [5.41, 5.74) is 0. The summed E-state index contributed by atoms with van der Waals surface area (Å²) in [6, 6.07) is 0. The Hall–Kier alpha value is -4.45. The summed E-state index contributed by atoms with van der Waals surface area (Å²) in [6.45, 7) is 6.32. The fourth-order valence-electron chi connectivity index (χ4n) is 6.27. The number of hydrogen-bond acceptors (Lipinski definition) is 6. The van der Waals surface area contributed by atoms with E-state index in [0.29, 0.717) is 19.3 Å². The Labute approximate surface area is 392 Å². The zero-order chi connectivity index (χ0) is 46.5. The van der Waals surface area contributed by atoms with E-state index in [2.05, 4.69) is 81.5 Å². The molecule has 64 heavy (non-hydrogen) atoms. The average molecular weight is 883 g/mol. The third-order valence-corrected chi connectivity index (χ3v) is 10.1. The number of carbonyl (C=O) groups excluding carboxylic acids is 3. The van der Waals surface area contributed by atoms with Crippen LogP contribution in [0.3, 0.4) is 0 Å². The van der Waals surface area contributed by atoms with E-state index in [4.69, 9.17) is 14.2 Å². The highest BCUT2D eigenvalue weighted by molar-refractivity contribution is 5.71. The Kier molecular flexibility index (Phi) is 47.6. The van der Waals surface area contributed by atoms with Crippen LogP contribution < -0.4 is 0 Å². The first-order valence-corrected chi connectivity index (χ1v) is 25.3. The van der Waals surface area contributed by atoms with Crippen LogP contribution in [0.15, 0.2) is 134 Å². The van der Waals surface area contributed by atoms with Gasteiger partial charge in [0, 0.05) is 19.3 Å². The van der Waals surface area contributed by atoms with Gasteiger partial charge in [-0.05, 0) is 83.5 Å². The van der Waals surface area contributed by atoms with E-state index in [0.717, 1.165) is 83.5 Å². The summed E-state index contributed by atoms with van der Waals surface area (Å²) in [5.74, 6) is -1.03. The van der Waals surface area contributed by atoms with Gasteiger partial charge in [-0.3, -0.25) is 14.4 Å².